The second-order valence-corrected chi connectivity index (χ2v) is 6.93. The minimum atomic E-state index is -0.463. The Morgan fingerprint density at radius 3 is 2.68 bits per heavy atom. The number of carbonyl (C=O) groups is 1. The van der Waals surface area contributed by atoms with Gasteiger partial charge in [0.15, 0.2) is 5.43 Å². The summed E-state index contributed by atoms with van der Waals surface area (Å²) in [7, 11) is 0. The van der Waals surface area contributed by atoms with E-state index in [0.717, 1.165) is 24.2 Å². The average molecular weight is 377 g/mol. The fraction of sp³-hybridized carbons (Fsp3) is 0.304. The molecule has 0 unspecified atom stereocenters. The van der Waals surface area contributed by atoms with E-state index in [9.17, 15) is 9.59 Å². The Morgan fingerprint density at radius 1 is 1.07 bits per heavy atom. The van der Waals surface area contributed by atoms with Crippen molar-refractivity contribution < 1.29 is 13.9 Å². The van der Waals surface area contributed by atoms with Gasteiger partial charge in [0.1, 0.15) is 11.3 Å². The van der Waals surface area contributed by atoms with Gasteiger partial charge in [-0.15, -0.1) is 0 Å². The number of nitrogens with zero attached hydrogens (tertiary/aromatic N) is 1. The highest BCUT2D eigenvalue weighted by atomic mass is 16.5. The Hall–Kier alpha value is -3.08. The van der Waals surface area contributed by atoms with E-state index in [0.29, 0.717) is 29.7 Å². The molecule has 0 fully saturated rings. The topological polar surface area (TPSA) is 59.8 Å². The van der Waals surface area contributed by atoms with E-state index in [1.807, 2.05) is 37.3 Å². The van der Waals surface area contributed by atoms with Crippen molar-refractivity contribution in [2.75, 3.05) is 13.2 Å². The predicted molar refractivity (Wildman–Crippen MR) is 108 cm³/mol. The SMILES string of the molecule is CCCCN1C(=O)c2oc3ccccc3c(=O)c2[C@H]1c1cccc(OCC)c1. The summed E-state index contributed by atoms with van der Waals surface area (Å²) >= 11 is 0. The fourth-order valence-corrected chi connectivity index (χ4v) is 3.81. The van der Waals surface area contributed by atoms with Crippen LogP contribution in [0.2, 0.25) is 0 Å². The zero-order valence-corrected chi connectivity index (χ0v) is 16.1. The first kappa shape index (κ1) is 18.3. The van der Waals surface area contributed by atoms with Gasteiger partial charge in [-0.05, 0) is 43.2 Å². The van der Waals surface area contributed by atoms with Crippen molar-refractivity contribution in [1.29, 1.82) is 0 Å². The molecule has 1 aromatic heterocycles. The number of unbranched alkanes of at least 4 members (excludes halogenated alkanes) is 1. The molecule has 0 saturated heterocycles. The molecule has 5 nitrogen and oxygen atoms in total. The zero-order chi connectivity index (χ0) is 19.7. The van der Waals surface area contributed by atoms with Gasteiger partial charge < -0.3 is 14.1 Å². The van der Waals surface area contributed by atoms with Crippen LogP contribution in [-0.4, -0.2) is 24.0 Å². The van der Waals surface area contributed by atoms with Crippen LogP contribution < -0.4 is 10.2 Å². The van der Waals surface area contributed by atoms with Gasteiger partial charge in [0.25, 0.3) is 5.91 Å². The standard InChI is InChI=1S/C23H23NO4/c1-3-5-13-24-20(15-9-8-10-16(14-15)27-4-2)19-21(25)17-11-6-7-12-18(17)28-22(19)23(24)26/h6-12,14,20H,3-5,13H2,1-2H3/t20-/m1/s1. The number of hydrogen-bond acceptors (Lipinski definition) is 4. The first-order chi connectivity index (χ1) is 13.7. The third kappa shape index (κ3) is 2.97. The molecule has 5 heteroatoms. The number of benzene rings is 2. The normalized spacial score (nSPS) is 15.9. The first-order valence-corrected chi connectivity index (χ1v) is 9.75. The second-order valence-electron chi connectivity index (χ2n) is 6.93. The molecule has 0 N–H and O–H groups in total. The summed E-state index contributed by atoms with van der Waals surface area (Å²) in [5.74, 6) is 0.659. The molecule has 144 valence electrons. The summed E-state index contributed by atoms with van der Waals surface area (Å²) < 4.78 is 11.5. The third-order valence-corrected chi connectivity index (χ3v) is 5.11. The summed E-state index contributed by atoms with van der Waals surface area (Å²) in [4.78, 5) is 28.2. The van der Waals surface area contributed by atoms with Crippen molar-refractivity contribution in [3.05, 3.63) is 75.6 Å². The highest BCUT2D eigenvalue weighted by Crippen LogP contribution is 2.39. The molecule has 4 rings (SSSR count). The molecular weight excluding hydrogens is 354 g/mol. The van der Waals surface area contributed by atoms with Gasteiger partial charge in [-0.25, -0.2) is 0 Å². The monoisotopic (exact) mass is 377 g/mol. The van der Waals surface area contributed by atoms with Crippen LogP contribution in [-0.2, 0) is 0 Å². The summed E-state index contributed by atoms with van der Waals surface area (Å²) in [6.45, 7) is 5.13. The molecule has 0 bridgehead atoms. The molecule has 1 atom stereocenters. The molecule has 2 heterocycles. The van der Waals surface area contributed by atoms with E-state index < -0.39 is 6.04 Å². The fourth-order valence-electron chi connectivity index (χ4n) is 3.81. The number of para-hydroxylation sites is 1. The Morgan fingerprint density at radius 2 is 1.89 bits per heavy atom. The van der Waals surface area contributed by atoms with Crippen molar-refractivity contribution in [2.24, 2.45) is 0 Å². The molecular formula is C23H23NO4. The molecule has 1 amide bonds. The average Bonchev–Trinajstić information content (AvgIpc) is 2.99. The van der Waals surface area contributed by atoms with E-state index in [1.54, 1.807) is 23.1 Å². The van der Waals surface area contributed by atoms with Gasteiger partial charge in [0.05, 0.1) is 23.6 Å². The van der Waals surface area contributed by atoms with Crippen molar-refractivity contribution in [1.82, 2.24) is 4.90 Å². The molecule has 0 radical (unpaired) electrons. The van der Waals surface area contributed by atoms with Crippen LogP contribution in [0.4, 0.5) is 0 Å². The van der Waals surface area contributed by atoms with Crippen LogP contribution in [0.15, 0.2) is 57.7 Å². The number of carbonyl (C=O) groups excluding carboxylic acids is 1. The highest BCUT2D eigenvalue weighted by molar-refractivity contribution is 5.99. The first-order valence-electron chi connectivity index (χ1n) is 9.75. The number of hydrogen-bond donors (Lipinski definition) is 0. The molecule has 0 aliphatic carbocycles. The van der Waals surface area contributed by atoms with Gasteiger partial charge >= 0.3 is 0 Å². The lowest BCUT2D eigenvalue weighted by atomic mass is 9.98. The largest absolute Gasteiger partial charge is 0.494 e. The molecule has 2 aromatic carbocycles. The maximum atomic E-state index is 13.3. The van der Waals surface area contributed by atoms with Crippen molar-refractivity contribution in [2.45, 2.75) is 32.7 Å². The summed E-state index contributed by atoms with van der Waals surface area (Å²) in [5.41, 5.74) is 1.58. The van der Waals surface area contributed by atoms with Crippen LogP contribution >= 0.6 is 0 Å². The predicted octanol–water partition coefficient (Wildman–Crippen LogP) is 4.54. The van der Waals surface area contributed by atoms with Gasteiger partial charge in [0.2, 0.25) is 5.76 Å². The van der Waals surface area contributed by atoms with E-state index in [1.165, 1.54) is 0 Å². The Labute approximate surface area is 163 Å². The summed E-state index contributed by atoms with van der Waals surface area (Å²) in [6, 6.07) is 14.2. The number of ether oxygens (including phenoxy) is 1. The quantitative estimate of drug-likeness (QED) is 0.633. The van der Waals surface area contributed by atoms with E-state index >= 15 is 0 Å². The Kier molecular flexibility index (Phi) is 4.90. The molecule has 3 aromatic rings. The third-order valence-electron chi connectivity index (χ3n) is 5.11. The lowest BCUT2D eigenvalue weighted by Gasteiger charge is -2.25. The second kappa shape index (κ2) is 7.50. The van der Waals surface area contributed by atoms with Crippen LogP contribution in [0.1, 0.15) is 54.4 Å². The summed E-state index contributed by atoms with van der Waals surface area (Å²) in [6.07, 6.45) is 1.81. The smallest absolute Gasteiger partial charge is 0.290 e. The lowest BCUT2D eigenvalue weighted by Crippen LogP contribution is -2.30. The van der Waals surface area contributed by atoms with E-state index in [2.05, 4.69) is 6.92 Å². The van der Waals surface area contributed by atoms with Gasteiger partial charge in [-0.3, -0.25) is 9.59 Å². The van der Waals surface area contributed by atoms with Crippen LogP contribution in [0.25, 0.3) is 11.0 Å². The van der Waals surface area contributed by atoms with Crippen LogP contribution in [0.5, 0.6) is 5.75 Å². The van der Waals surface area contributed by atoms with Crippen molar-refractivity contribution >= 4 is 16.9 Å². The van der Waals surface area contributed by atoms with E-state index in [4.69, 9.17) is 9.15 Å². The molecule has 0 spiro atoms. The van der Waals surface area contributed by atoms with Crippen LogP contribution in [0.3, 0.4) is 0 Å². The molecule has 0 saturated carbocycles. The number of rotatable bonds is 6. The Bertz CT molecular complexity index is 1090. The van der Waals surface area contributed by atoms with Gasteiger partial charge in [-0.2, -0.15) is 0 Å². The van der Waals surface area contributed by atoms with Crippen molar-refractivity contribution in [3.63, 3.8) is 0 Å². The molecule has 1 aliphatic rings. The maximum absolute atomic E-state index is 13.3. The lowest BCUT2D eigenvalue weighted by molar-refractivity contribution is 0.0725. The minimum Gasteiger partial charge on any atom is -0.494 e. The molecule has 28 heavy (non-hydrogen) atoms. The number of fused-ring (bicyclic) bond motifs is 2. The highest BCUT2D eigenvalue weighted by Gasteiger charge is 2.42. The maximum Gasteiger partial charge on any atom is 0.290 e. The van der Waals surface area contributed by atoms with Gasteiger partial charge in [-0.1, -0.05) is 37.6 Å². The van der Waals surface area contributed by atoms with Crippen LogP contribution in [0, 0.1) is 0 Å². The molecule has 1 aliphatic heterocycles. The minimum absolute atomic E-state index is 0.143. The summed E-state index contributed by atoms with van der Waals surface area (Å²) in [5, 5.41) is 0.498. The van der Waals surface area contributed by atoms with Gasteiger partial charge in [0, 0.05) is 6.54 Å². The Balaban J connectivity index is 1.93. The zero-order valence-electron chi connectivity index (χ0n) is 16.1. The number of amides is 1. The van der Waals surface area contributed by atoms with E-state index in [-0.39, 0.29) is 17.1 Å². The van der Waals surface area contributed by atoms with Crippen molar-refractivity contribution in [3.8, 4) is 5.75 Å².